The highest BCUT2D eigenvalue weighted by Gasteiger charge is 2.25. The van der Waals surface area contributed by atoms with Gasteiger partial charge in [0.05, 0.1) is 10.7 Å². The number of rotatable bonds is 6. The molecule has 0 aliphatic carbocycles. The van der Waals surface area contributed by atoms with Gasteiger partial charge in [0.25, 0.3) is 0 Å². The minimum absolute atomic E-state index is 0.500. The van der Waals surface area contributed by atoms with Crippen LogP contribution in [0.1, 0.15) is 43.3 Å². The van der Waals surface area contributed by atoms with Crippen molar-refractivity contribution in [1.82, 2.24) is 20.5 Å². The predicted molar refractivity (Wildman–Crippen MR) is 90.3 cm³/mol. The second kappa shape index (κ2) is 7.15. The molecule has 3 heterocycles. The summed E-state index contributed by atoms with van der Waals surface area (Å²) in [6.07, 6.45) is 4.15. The molecule has 3 rings (SSSR count). The van der Waals surface area contributed by atoms with E-state index in [0.717, 1.165) is 31.1 Å². The molecule has 0 unspecified atom stereocenters. The fraction of sp³-hybridized carbons (Fsp3) is 0.562. The van der Waals surface area contributed by atoms with Crippen LogP contribution in [0.5, 0.6) is 0 Å². The van der Waals surface area contributed by atoms with Gasteiger partial charge in [-0.15, -0.1) is 16.4 Å². The largest absolute Gasteiger partial charge is 0.351 e. The van der Waals surface area contributed by atoms with Crippen molar-refractivity contribution in [2.24, 2.45) is 0 Å². The first-order valence-electron chi connectivity index (χ1n) is 7.93. The van der Waals surface area contributed by atoms with Gasteiger partial charge in [0.15, 0.2) is 5.82 Å². The van der Waals surface area contributed by atoms with Crippen LogP contribution in [0.3, 0.4) is 0 Å². The lowest BCUT2D eigenvalue weighted by atomic mass is 10.2. The SMILES string of the molecule is CC(C)c1nc(CNC[C@H]2CCCN2c2cccnn2)cs1. The first kappa shape index (κ1) is 15.4. The van der Waals surface area contributed by atoms with Crippen LogP contribution in [0.25, 0.3) is 0 Å². The van der Waals surface area contributed by atoms with Gasteiger partial charge in [0.1, 0.15) is 0 Å². The second-order valence-electron chi connectivity index (χ2n) is 6.03. The van der Waals surface area contributed by atoms with Crippen LogP contribution < -0.4 is 10.2 Å². The van der Waals surface area contributed by atoms with Gasteiger partial charge in [-0.05, 0) is 25.0 Å². The van der Waals surface area contributed by atoms with Gasteiger partial charge < -0.3 is 10.2 Å². The van der Waals surface area contributed by atoms with Gasteiger partial charge in [-0.2, -0.15) is 5.10 Å². The van der Waals surface area contributed by atoms with E-state index in [4.69, 9.17) is 0 Å². The summed E-state index contributed by atoms with van der Waals surface area (Å²) < 4.78 is 0. The molecule has 0 saturated carbocycles. The number of aromatic nitrogens is 3. The summed E-state index contributed by atoms with van der Waals surface area (Å²) in [5.41, 5.74) is 1.15. The lowest BCUT2D eigenvalue weighted by Gasteiger charge is -2.25. The van der Waals surface area contributed by atoms with Crippen LogP contribution in [-0.2, 0) is 6.54 Å². The molecule has 1 atom stereocenters. The minimum atomic E-state index is 0.500. The van der Waals surface area contributed by atoms with Crippen molar-refractivity contribution < 1.29 is 0 Å². The number of hydrogen-bond donors (Lipinski definition) is 1. The predicted octanol–water partition coefficient (Wildman–Crippen LogP) is 2.82. The highest BCUT2D eigenvalue weighted by molar-refractivity contribution is 7.09. The molecule has 6 heteroatoms. The molecule has 0 amide bonds. The Morgan fingerprint density at radius 3 is 3.09 bits per heavy atom. The summed E-state index contributed by atoms with van der Waals surface area (Å²) in [5, 5.41) is 15.2. The molecule has 0 bridgehead atoms. The number of hydrogen-bond acceptors (Lipinski definition) is 6. The molecule has 1 aliphatic heterocycles. The lowest BCUT2D eigenvalue weighted by Crippen LogP contribution is -2.38. The van der Waals surface area contributed by atoms with Crippen LogP contribution >= 0.6 is 11.3 Å². The zero-order valence-electron chi connectivity index (χ0n) is 13.2. The van der Waals surface area contributed by atoms with E-state index in [1.54, 1.807) is 17.5 Å². The van der Waals surface area contributed by atoms with Gasteiger partial charge in [-0.1, -0.05) is 13.8 Å². The molecule has 2 aromatic heterocycles. The quantitative estimate of drug-likeness (QED) is 0.888. The van der Waals surface area contributed by atoms with E-state index in [9.17, 15) is 0 Å². The van der Waals surface area contributed by atoms with E-state index in [1.807, 2.05) is 12.1 Å². The van der Waals surface area contributed by atoms with Gasteiger partial charge in [0, 0.05) is 43.2 Å². The molecule has 1 saturated heterocycles. The molecule has 0 spiro atoms. The molecule has 0 radical (unpaired) electrons. The molecular formula is C16H23N5S. The van der Waals surface area contributed by atoms with Crippen molar-refractivity contribution in [3.05, 3.63) is 34.4 Å². The Kier molecular flexibility index (Phi) is 5.00. The van der Waals surface area contributed by atoms with Crippen molar-refractivity contribution in [3.8, 4) is 0 Å². The molecule has 1 fully saturated rings. The smallest absolute Gasteiger partial charge is 0.151 e. The van der Waals surface area contributed by atoms with Gasteiger partial charge >= 0.3 is 0 Å². The van der Waals surface area contributed by atoms with Crippen LogP contribution in [0, 0.1) is 0 Å². The van der Waals surface area contributed by atoms with Crippen LogP contribution in [0.2, 0.25) is 0 Å². The highest BCUT2D eigenvalue weighted by Crippen LogP contribution is 2.23. The first-order valence-corrected chi connectivity index (χ1v) is 8.81. The van der Waals surface area contributed by atoms with Crippen molar-refractivity contribution in [2.45, 2.75) is 45.2 Å². The highest BCUT2D eigenvalue weighted by atomic mass is 32.1. The van der Waals surface area contributed by atoms with E-state index in [-0.39, 0.29) is 0 Å². The molecule has 118 valence electrons. The maximum absolute atomic E-state index is 4.67. The van der Waals surface area contributed by atoms with Crippen molar-refractivity contribution in [1.29, 1.82) is 0 Å². The summed E-state index contributed by atoms with van der Waals surface area (Å²) >= 11 is 1.76. The summed E-state index contributed by atoms with van der Waals surface area (Å²) in [4.78, 5) is 7.03. The number of nitrogens with one attached hydrogen (secondary N) is 1. The Bertz CT molecular complexity index is 583. The van der Waals surface area contributed by atoms with Crippen LogP contribution in [0.15, 0.2) is 23.7 Å². The Morgan fingerprint density at radius 2 is 2.36 bits per heavy atom. The fourth-order valence-corrected chi connectivity index (χ4v) is 3.67. The Balaban J connectivity index is 1.52. The van der Waals surface area contributed by atoms with E-state index in [0.29, 0.717) is 12.0 Å². The van der Waals surface area contributed by atoms with Crippen molar-refractivity contribution >= 4 is 17.2 Å². The van der Waals surface area contributed by atoms with Crippen LogP contribution in [0.4, 0.5) is 5.82 Å². The zero-order valence-corrected chi connectivity index (χ0v) is 14.0. The zero-order chi connectivity index (χ0) is 15.4. The van der Waals surface area contributed by atoms with Gasteiger partial charge in [-0.3, -0.25) is 0 Å². The molecule has 1 N–H and O–H groups in total. The van der Waals surface area contributed by atoms with Gasteiger partial charge in [-0.25, -0.2) is 4.98 Å². The topological polar surface area (TPSA) is 53.9 Å². The van der Waals surface area contributed by atoms with Gasteiger partial charge in [0.2, 0.25) is 0 Å². The maximum Gasteiger partial charge on any atom is 0.151 e. The standard InChI is InChI=1S/C16H23N5S/c1-12(2)16-19-13(11-22-16)9-17-10-14-5-4-8-21(14)15-6-3-7-18-20-15/h3,6-7,11-12,14,17H,4-5,8-10H2,1-2H3/t14-/m1/s1. The molecule has 2 aromatic rings. The average Bonchev–Trinajstić information content (AvgIpc) is 3.17. The Morgan fingerprint density at radius 1 is 1.45 bits per heavy atom. The van der Waals surface area contributed by atoms with E-state index < -0.39 is 0 Å². The van der Waals surface area contributed by atoms with E-state index >= 15 is 0 Å². The molecule has 1 aliphatic rings. The molecule has 0 aromatic carbocycles. The normalized spacial score (nSPS) is 18.3. The first-order chi connectivity index (χ1) is 10.7. The summed E-state index contributed by atoms with van der Waals surface area (Å²) in [7, 11) is 0. The second-order valence-corrected chi connectivity index (χ2v) is 6.92. The molecule has 22 heavy (non-hydrogen) atoms. The Labute approximate surface area is 135 Å². The number of nitrogens with zero attached hydrogens (tertiary/aromatic N) is 4. The average molecular weight is 317 g/mol. The third-order valence-electron chi connectivity index (χ3n) is 3.98. The molecule has 5 nitrogen and oxygen atoms in total. The summed E-state index contributed by atoms with van der Waals surface area (Å²) in [6.45, 7) is 7.25. The van der Waals surface area contributed by atoms with Crippen molar-refractivity contribution in [2.75, 3.05) is 18.0 Å². The fourth-order valence-electron chi connectivity index (χ4n) is 2.83. The number of anilines is 1. The number of thiazole rings is 1. The maximum atomic E-state index is 4.67. The van der Waals surface area contributed by atoms with E-state index in [2.05, 4.69) is 44.6 Å². The monoisotopic (exact) mass is 317 g/mol. The summed E-state index contributed by atoms with van der Waals surface area (Å²) in [5.74, 6) is 1.50. The van der Waals surface area contributed by atoms with E-state index in [1.165, 1.54) is 17.8 Å². The third kappa shape index (κ3) is 3.62. The Hall–Kier alpha value is -1.53. The summed E-state index contributed by atoms with van der Waals surface area (Å²) in [6, 6.07) is 4.49. The molecular weight excluding hydrogens is 294 g/mol. The minimum Gasteiger partial charge on any atom is -0.351 e. The lowest BCUT2D eigenvalue weighted by molar-refractivity contribution is 0.565. The van der Waals surface area contributed by atoms with Crippen LogP contribution in [-0.4, -0.2) is 34.3 Å². The third-order valence-corrected chi connectivity index (χ3v) is 5.17. The van der Waals surface area contributed by atoms with Crippen molar-refractivity contribution in [3.63, 3.8) is 0 Å².